The number of carbonyl (C=O) groups is 1. The quantitative estimate of drug-likeness (QED) is 0.855. The Hall–Kier alpha value is -2.44. The van der Waals surface area contributed by atoms with Crippen molar-refractivity contribution in [1.82, 2.24) is 9.78 Å². The molecule has 0 spiro atoms. The van der Waals surface area contributed by atoms with E-state index in [9.17, 15) is 13.6 Å². The van der Waals surface area contributed by atoms with Gasteiger partial charge in [0.25, 0.3) is 0 Å². The highest BCUT2D eigenvalue weighted by molar-refractivity contribution is 5.73. The molecule has 0 bridgehead atoms. The Bertz CT molecular complexity index is 577. The molecular weight excluding hydrogens is 254 g/mol. The second kappa shape index (κ2) is 5.47. The number of anilines is 1. The van der Waals surface area contributed by atoms with Gasteiger partial charge in [-0.1, -0.05) is 6.07 Å². The standard InChI is InChI=1S/C12H12F2N4O/c13-10-2-1-3-11(14)9(10)5-16-8-4-17-18(6-8)7-12(15)19/h1-4,6,16H,5,7H2,(H2,15,19). The van der Waals surface area contributed by atoms with Crippen LogP contribution in [0.1, 0.15) is 5.56 Å². The van der Waals surface area contributed by atoms with Crippen molar-refractivity contribution >= 4 is 11.6 Å². The van der Waals surface area contributed by atoms with Crippen molar-refractivity contribution in [2.45, 2.75) is 13.1 Å². The molecule has 0 aliphatic heterocycles. The van der Waals surface area contributed by atoms with Crippen LogP contribution in [-0.4, -0.2) is 15.7 Å². The van der Waals surface area contributed by atoms with Crippen LogP contribution >= 0.6 is 0 Å². The van der Waals surface area contributed by atoms with E-state index in [1.807, 2.05) is 0 Å². The maximum Gasteiger partial charge on any atom is 0.239 e. The number of amides is 1. The fourth-order valence-electron chi connectivity index (χ4n) is 1.59. The minimum atomic E-state index is -0.614. The van der Waals surface area contributed by atoms with Gasteiger partial charge in [-0.2, -0.15) is 5.10 Å². The van der Waals surface area contributed by atoms with Gasteiger partial charge in [-0.3, -0.25) is 9.48 Å². The van der Waals surface area contributed by atoms with Crippen LogP contribution in [0.4, 0.5) is 14.5 Å². The number of carbonyl (C=O) groups excluding carboxylic acids is 1. The van der Waals surface area contributed by atoms with E-state index in [0.717, 1.165) is 0 Å². The molecule has 0 atom stereocenters. The van der Waals surface area contributed by atoms with Crippen molar-refractivity contribution in [2.24, 2.45) is 5.73 Å². The normalized spacial score (nSPS) is 10.4. The van der Waals surface area contributed by atoms with E-state index in [1.54, 1.807) is 0 Å². The second-order valence-electron chi connectivity index (χ2n) is 3.95. The van der Waals surface area contributed by atoms with Crippen LogP contribution in [0.15, 0.2) is 30.6 Å². The van der Waals surface area contributed by atoms with E-state index in [4.69, 9.17) is 5.73 Å². The molecule has 2 rings (SSSR count). The molecule has 0 aliphatic carbocycles. The van der Waals surface area contributed by atoms with Gasteiger partial charge < -0.3 is 11.1 Å². The number of aromatic nitrogens is 2. The minimum Gasteiger partial charge on any atom is -0.378 e. The number of hydrogen-bond acceptors (Lipinski definition) is 3. The Morgan fingerprint density at radius 1 is 1.37 bits per heavy atom. The summed E-state index contributed by atoms with van der Waals surface area (Å²) >= 11 is 0. The first-order chi connectivity index (χ1) is 9.06. The van der Waals surface area contributed by atoms with Crippen LogP contribution < -0.4 is 11.1 Å². The average molecular weight is 266 g/mol. The van der Waals surface area contributed by atoms with Crippen molar-refractivity contribution in [3.05, 3.63) is 47.8 Å². The van der Waals surface area contributed by atoms with Crippen molar-refractivity contribution in [3.8, 4) is 0 Å². The molecule has 2 aromatic rings. The summed E-state index contributed by atoms with van der Waals surface area (Å²) in [6.45, 7) is -0.0590. The number of benzene rings is 1. The smallest absolute Gasteiger partial charge is 0.239 e. The molecule has 19 heavy (non-hydrogen) atoms. The van der Waals surface area contributed by atoms with Gasteiger partial charge in [-0.15, -0.1) is 0 Å². The van der Waals surface area contributed by atoms with Crippen molar-refractivity contribution < 1.29 is 13.6 Å². The Morgan fingerprint density at radius 3 is 2.68 bits per heavy atom. The van der Waals surface area contributed by atoms with Crippen LogP contribution in [-0.2, 0) is 17.9 Å². The summed E-state index contributed by atoms with van der Waals surface area (Å²) in [6, 6.07) is 3.69. The number of primary amides is 1. The molecule has 1 aromatic heterocycles. The largest absolute Gasteiger partial charge is 0.378 e. The third kappa shape index (κ3) is 3.27. The van der Waals surface area contributed by atoms with E-state index in [1.165, 1.54) is 35.3 Å². The zero-order valence-electron chi connectivity index (χ0n) is 9.94. The van der Waals surface area contributed by atoms with Gasteiger partial charge >= 0.3 is 0 Å². The Balaban J connectivity index is 2.02. The summed E-state index contributed by atoms with van der Waals surface area (Å²) in [4.78, 5) is 10.7. The molecular formula is C12H12F2N4O. The van der Waals surface area contributed by atoms with Crippen molar-refractivity contribution in [1.29, 1.82) is 0 Å². The van der Waals surface area contributed by atoms with Gasteiger partial charge in [-0.25, -0.2) is 8.78 Å². The first kappa shape index (κ1) is 13.0. The predicted octanol–water partition coefficient (Wildman–Crippen LogP) is 1.26. The molecule has 0 radical (unpaired) electrons. The van der Waals surface area contributed by atoms with Gasteiger partial charge in [0.2, 0.25) is 5.91 Å². The molecule has 0 saturated carbocycles. The topological polar surface area (TPSA) is 72.9 Å². The van der Waals surface area contributed by atoms with Crippen molar-refractivity contribution in [2.75, 3.05) is 5.32 Å². The molecule has 100 valence electrons. The number of hydrogen-bond donors (Lipinski definition) is 2. The Kier molecular flexibility index (Phi) is 3.74. The van der Waals surface area contributed by atoms with Crippen LogP contribution in [0.25, 0.3) is 0 Å². The second-order valence-corrected chi connectivity index (χ2v) is 3.95. The number of halogens is 2. The lowest BCUT2D eigenvalue weighted by Crippen LogP contribution is -2.18. The molecule has 3 N–H and O–H groups in total. The van der Waals surface area contributed by atoms with Gasteiger partial charge in [0.05, 0.1) is 11.9 Å². The van der Waals surface area contributed by atoms with Crippen molar-refractivity contribution in [3.63, 3.8) is 0 Å². The fraction of sp³-hybridized carbons (Fsp3) is 0.167. The molecule has 1 aromatic carbocycles. The van der Waals surface area contributed by atoms with Gasteiger partial charge in [-0.05, 0) is 12.1 Å². The van der Waals surface area contributed by atoms with E-state index >= 15 is 0 Å². The fourth-order valence-corrected chi connectivity index (χ4v) is 1.59. The van der Waals surface area contributed by atoms with Crippen LogP contribution in [0, 0.1) is 11.6 Å². The number of nitrogens with two attached hydrogens (primary N) is 1. The van der Waals surface area contributed by atoms with Crippen LogP contribution in [0.5, 0.6) is 0 Å². The third-order valence-electron chi connectivity index (χ3n) is 2.48. The van der Waals surface area contributed by atoms with Gasteiger partial charge in [0.1, 0.15) is 18.2 Å². The lowest BCUT2D eigenvalue weighted by Gasteiger charge is -2.06. The average Bonchev–Trinajstić information content (AvgIpc) is 2.75. The molecule has 5 nitrogen and oxygen atoms in total. The first-order valence-corrected chi connectivity index (χ1v) is 5.54. The minimum absolute atomic E-state index is 0.0131. The number of nitrogens with zero attached hydrogens (tertiary/aromatic N) is 2. The summed E-state index contributed by atoms with van der Waals surface area (Å²) in [5.74, 6) is -1.75. The Morgan fingerprint density at radius 2 is 2.05 bits per heavy atom. The zero-order chi connectivity index (χ0) is 13.8. The highest BCUT2D eigenvalue weighted by Gasteiger charge is 2.08. The molecule has 0 unspecified atom stereocenters. The third-order valence-corrected chi connectivity index (χ3v) is 2.48. The summed E-state index contributed by atoms with van der Waals surface area (Å²) in [5, 5.41) is 6.70. The Labute approximate surface area is 108 Å². The van der Waals surface area contributed by atoms with Gasteiger partial charge in [0, 0.05) is 18.3 Å². The first-order valence-electron chi connectivity index (χ1n) is 5.54. The number of rotatable bonds is 5. The highest BCUT2D eigenvalue weighted by atomic mass is 19.1. The highest BCUT2D eigenvalue weighted by Crippen LogP contribution is 2.14. The van der Waals surface area contributed by atoms with E-state index in [2.05, 4.69) is 10.4 Å². The van der Waals surface area contributed by atoms with Crippen LogP contribution in [0.2, 0.25) is 0 Å². The van der Waals surface area contributed by atoms with E-state index in [0.29, 0.717) is 5.69 Å². The summed E-state index contributed by atoms with van der Waals surface area (Å²) in [5.41, 5.74) is 5.51. The molecule has 0 fully saturated rings. The van der Waals surface area contributed by atoms with Crippen LogP contribution in [0.3, 0.4) is 0 Å². The summed E-state index contributed by atoms with van der Waals surface area (Å²) < 4.78 is 28.1. The summed E-state index contributed by atoms with van der Waals surface area (Å²) in [6.07, 6.45) is 2.98. The maximum atomic E-state index is 13.4. The lowest BCUT2D eigenvalue weighted by molar-refractivity contribution is -0.118. The molecule has 0 saturated heterocycles. The molecule has 1 amide bonds. The zero-order valence-corrected chi connectivity index (χ0v) is 9.94. The summed E-state index contributed by atoms with van der Waals surface area (Å²) in [7, 11) is 0. The molecule has 0 aliphatic rings. The predicted molar refractivity (Wildman–Crippen MR) is 65.1 cm³/mol. The van der Waals surface area contributed by atoms with E-state index < -0.39 is 17.5 Å². The lowest BCUT2D eigenvalue weighted by atomic mass is 10.2. The number of nitrogens with one attached hydrogen (secondary N) is 1. The monoisotopic (exact) mass is 266 g/mol. The molecule has 7 heteroatoms. The van der Waals surface area contributed by atoms with E-state index in [-0.39, 0.29) is 18.7 Å². The molecule has 1 heterocycles. The van der Waals surface area contributed by atoms with Gasteiger partial charge in [0.15, 0.2) is 0 Å². The SMILES string of the molecule is NC(=O)Cn1cc(NCc2c(F)cccc2F)cn1. The maximum absolute atomic E-state index is 13.4.